The van der Waals surface area contributed by atoms with Gasteiger partial charge >= 0.3 is 12.1 Å². The van der Waals surface area contributed by atoms with Crippen LogP contribution < -0.4 is 15.8 Å². The highest BCUT2D eigenvalue weighted by molar-refractivity contribution is 5.89. The molecule has 44 heavy (non-hydrogen) atoms. The van der Waals surface area contributed by atoms with Gasteiger partial charge in [0.05, 0.1) is 24.5 Å². The molecule has 1 aliphatic heterocycles. The molecule has 230 valence electrons. The zero-order valence-corrected chi connectivity index (χ0v) is 24.8. The Bertz CT molecular complexity index is 1620. The zero-order chi connectivity index (χ0) is 31.3. The fourth-order valence-electron chi connectivity index (χ4n) is 4.83. The molecule has 2 aromatic carbocycles. The van der Waals surface area contributed by atoms with Crippen LogP contribution in [0, 0.1) is 5.92 Å². The Kier molecular flexibility index (Phi) is 8.93. The summed E-state index contributed by atoms with van der Waals surface area (Å²) in [5.74, 6) is -0.905. The van der Waals surface area contributed by atoms with E-state index in [-0.39, 0.29) is 56.5 Å². The molecular formula is C31H35N7O6. The van der Waals surface area contributed by atoms with Crippen molar-refractivity contribution in [3.63, 3.8) is 0 Å². The van der Waals surface area contributed by atoms with Gasteiger partial charge in [0.2, 0.25) is 17.7 Å². The lowest BCUT2D eigenvalue weighted by Gasteiger charge is -2.24. The summed E-state index contributed by atoms with van der Waals surface area (Å²) in [6, 6.07) is 17.7. The maximum Gasteiger partial charge on any atom is 0.407 e. The second kappa shape index (κ2) is 13.0. The number of rotatable bonds is 9. The average Bonchev–Trinajstić information content (AvgIpc) is 3.58. The number of aromatic nitrogens is 4. The fraction of sp³-hybridized carbons (Fsp3) is 0.355. The smallest absolute Gasteiger partial charge is 0.407 e. The molecule has 2 atom stereocenters. The average molecular weight is 602 g/mol. The van der Waals surface area contributed by atoms with E-state index >= 15 is 0 Å². The normalized spacial score (nSPS) is 16.5. The number of nitrogen functional groups attached to an aromatic ring is 1. The quantitative estimate of drug-likeness (QED) is 0.272. The number of carbonyl (C=O) groups excluding carboxylic acids is 3. The molecule has 1 aliphatic rings. The predicted molar refractivity (Wildman–Crippen MR) is 160 cm³/mol. The SMILES string of the molecule is CC(C)(C)OC(=O)N[C@H]1CN(C(=O)Cn2cnc3c(OCc4ccccc4)nc(N)nc32)C[C@@H]1COC(=O)c1ccccc1. The number of amides is 2. The number of esters is 1. The van der Waals surface area contributed by atoms with Crippen molar-refractivity contribution >= 4 is 35.1 Å². The van der Waals surface area contributed by atoms with Crippen LogP contribution in [0.3, 0.4) is 0 Å². The zero-order valence-electron chi connectivity index (χ0n) is 24.8. The molecule has 3 heterocycles. The van der Waals surface area contributed by atoms with E-state index in [2.05, 4.69) is 20.3 Å². The van der Waals surface area contributed by atoms with E-state index in [9.17, 15) is 14.4 Å². The summed E-state index contributed by atoms with van der Waals surface area (Å²) in [6.07, 6.45) is 0.865. The van der Waals surface area contributed by atoms with E-state index in [0.29, 0.717) is 16.7 Å². The van der Waals surface area contributed by atoms with Gasteiger partial charge in [0.25, 0.3) is 0 Å². The van der Waals surface area contributed by atoms with Gasteiger partial charge in [0.1, 0.15) is 18.8 Å². The van der Waals surface area contributed by atoms with Gasteiger partial charge < -0.3 is 34.7 Å². The van der Waals surface area contributed by atoms with E-state index in [4.69, 9.17) is 19.9 Å². The lowest BCUT2D eigenvalue weighted by Crippen LogP contribution is -2.44. The van der Waals surface area contributed by atoms with Crippen molar-refractivity contribution in [1.82, 2.24) is 29.7 Å². The maximum absolute atomic E-state index is 13.5. The van der Waals surface area contributed by atoms with Crippen LogP contribution in [0.25, 0.3) is 11.2 Å². The third-order valence-electron chi connectivity index (χ3n) is 6.91. The van der Waals surface area contributed by atoms with Crippen LogP contribution in [-0.2, 0) is 27.4 Å². The van der Waals surface area contributed by atoms with Crippen LogP contribution in [0.4, 0.5) is 10.7 Å². The molecule has 13 heteroatoms. The summed E-state index contributed by atoms with van der Waals surface area (Å²) in [7, 11) is 0. The topological polar surface area (TPSA) is 164 Å². The number of nitrogens with one attached hydrogen (secondary N) is 1. The second-order valence-electron chi connectivity index (χ2n) is 11.5. The van der Waals surface area contributed by atoms with Crippen LogP contribution >= 0.6 is 0 Å². The first-order valence-electron chi connectivity index (χ1n) is 14.2. The number of imidazole rings is 1. The Labute approximate surface area is 254 Å². The number of hydrogen-bond donors (Lipinski definition) is 2. The summed E-state index contributed by atoms with van der Waals surface area (Å²) in [6.45, 7) is 5.89. The Balaban J connectivity index is 1.28. The number of alkyl carbamates (subject to hydrolysis) is 1. The van der Waals surface area contributed by atoms with Gasteiger partial charge in [-0.3, -0.25) is 4.79 Å². The first-order valence-corrected chi connectivity index (χ1v) is 14.2. The minimum Gasteiger partial charge on any atom is -0.471 e. The molecule has 0 aliphatic carbocycles. The number of hydrogen-bond acceptors (Lipinski definition) is 10. The van der Waals surface area contributed by atoms with E-state index in [1.54, 1.807) is 60.6 Å². The van der Waals surface area contributed by atoms with E-state index in [1.807, 2.05) is 30.3 Å². The first-order chi connectivity index (χ1) is 21.1. The van der Waals surface area contributed by atoms with Gasteiger partial charge in [-0.2, -0.15) is 9.97 Å². The summed E-state index contributed by atoms with van der Waals surface area (Å²) >= 11 is 0. The number of fused-ring (bicyclic) bond motifs is 1. The third-order valence-corrected chi connectivity index (χ3v) is 6.91. The van der Waals surface area contributed by atoms with Gasteiger partial charge in [0, 0.05) is 19.0 Å². The molecule has 1 fully saturated rings. The Morgan fingerprint density at radius 1 is 1.00 bits per heavy atom. The number of carbonyl (C=O) groups is 3. The minimum absolute atomic E-state index is 0.00213. The van der Waals surface area contributed by atoms with Crippen molar-refractivity contribution in [3.8, 4) is 5.88 Å². The van der Waals surface area contributed by atoms with Gasteiger partial charge in [-0.05, 0) is 38.5 Å². The summed E-state index contributed by atoms with van der Waals surface area (Å²) in [5, 5.41) is 2.85. The molecule has 4 aromatic rings. The van der Waals surface area contributed by atoms with Crippen molar-refractivity contribution in [3.05, 3.63) is 78.1 Å². The molecule has 2 aromatic heterocycles. The molecule has 2 amide bonds. The van der Waals surface area contributed by atoms with Crippen molar-refractivity contribution in [2.24, 2.45) is 5.92 Å². The van der Waals surface area contributed by atoms with Crippen molar-refractivity contribution < 1.29 is 28.6 Å². The molecule has 0 unspecified atom stereocenters. The summed E-state index contributed by atoms with van der Waals surface area (Å²) < 4.78 is 18.5. The highest BCUT2D eigenvalue weighted by Crippen LogP contribution is 2.24. The van der Waals surface area contributed by atoms with Gasteiger partial charge in [0.15, 0.2) is 11.2 Å². The molecule has 0 radical (unpaired) electrons. The fourth-order valence-corrected chi connectivity index (χ4v) is 4.83. The van der Waals surface area contributed by atoms with E-state index < -0.39 is 23.7 Å². The van der Waals surface area contributed by atoms with Gasteiger partial charge in [-0.1, -0.05) is 48.5 Å². The number of likely N-dealkylation sites (tertiary alicyclic amines) is 1. The third kappa shape index (κ3) is 7.60. The predicted octanol–water partition coefficient (Wildman–Crippen LogP) is 3.20. The van der Waals surface area contributed by atoms with Crippen LogP contribution in [0.5, 0.6) is 5.88 Å². The maximum atomic E-state index is 13.5. The number of anilines is 1. The number of ether oxygens (including phenoxy) is 3. The van der Waals surface area contributed by atoms with Crippen molar-refractivity contribution in [2.75, 3.05) is 25.4 Å². The Morgan fingerprint density at radius 3 is 2.41 bits per heavy atom. The monoisotopic (exact) mass is 601 g/mol. The van der Waals surface area contributed by atoms with Gasteiger partial charge in [-0.25, -0.2) is 14.6 Å². The molecule has 1 saturated heterocycles. The van der Waals surface area contributed by atoms with Crippen LogP contribution in [-0.4, -0.2) is 73.7 Å². The van der Waals surface area contributed by atoms with Crippen LogP contribution in [0.2, 0.25) is 0 Å². The van der Waals surface area contributed by atoms with Gasteiger partial charge in [-0.15, -0.1) is 0 Å². The van der Waals surface area contributed by atoms with Crippen molar-refractivity contribution in [1.29, 1.82) is 0 Å². The molecule has 3 N–H and O–H groups in total. The Hall–Kier alpha value is -5.20. The molecule has 0 bridgehead atoms. The highest BCUT2D eigenvalue weighted by atomic mass is 16.6. The standard InChI is InChI=1S/C31H35N7O6/c1-31(2,3)44-30(41)34-23-15-37(14-22(23)18-43-28(40)21-12-8-5-9-13-21)24(39)16-38-19-33-25-26(38)35-29(32)36-27(25)42-17-20-10-6-4-7-11-20/h4-13,19,22-23H,14-18H2,1-3H3,(H,34,41)(H2,32,35,36)/t22-,23+/m1/s1. The number of nitrogens with two attached hydrogens (primary N) is 1. The van der Waals surface area contributed by atoms with Crippen LogP contribution in [0.15, 0.2) is 67.0 Å². The lowest BCUT2D eigenvalue weighted by molar-refractivity contribution is -0.131. The molecule has 13 nitrogen and oxygen atoms in total. The largest absolute Gasteiger partial charge is 0.471 e. The highest BCUT2D eigenvalue weighted by Gasteiger charge is 2.38. The van der Waals surface area contributed by atoms with E-state index in [0.717, 1.165) is 5.56 Å². The number of nitrogens with zero attached hydrogens (tertiary/aromatic N) is 5. The minimum atomic E-state index is -0.705. The Morgan fingerprint density at radius 2 is 1.70 bits per heavy atom. The first kappa shape index (κ1) is 30.3. The summed E-state index contributed by atoms with van der Waals surface area (Å²) in [5.41, 5.74) is 7.35. The molecule has 0 spiro atoms. The summed E-state index contributed by atoms with van der Waals surface area (Å²) in [4.78, 5) is 53.2. The molecule has 5 rings (SSSR count). The van der Waals surface area contributed by atoms with Crippen molar-refractivity contribution in [2.45, 2.75) is 45.6 Å². The van der Waals surface area contributed by atoms with E-state index in [1.165, 1.54) is 6.33 Å². The molecule has 0 saturated carbocycles. The molecular weight excluding hydrogens is 566 g/mol. The number of benzene rings is 2. The van der Waals surface area contributed by atoms with Crippen LogP contribution in [0.1, 0.15) is 36.7 Å². The second-order valence-corrected chi connectivity index (χ2v) is 11.5. The lowest BCUT2D eigenvalue weighted by atomic mass is 10.1.